The van der Waals surface area contributed by atoms with E-state index in [1.807, 2.05) is 0 Å². The monoisotopic (exact) mass is 257 g/mol. The molecular formula is C13H11N3O3. The SMILES string of the molecule is COc1ccc(Cn2ncc(O)c(C#N)c2=O)cc1. The summed E-state index contributed by atoms with van der Waals surface area (Å²) in [6.45, 7) is 0.220. The Labute approximate surface area is 109 Å². The molecule has 0 spiro atoms. The lowest BCUT2D eigenvalue weighted by molar-refractivity contribution is 0.414. The number of hydrogen-bond acceptors (Lipinski definition) is 5. The zero-order chi connectivity index (χ0) is 13.8. The molecule has 0 saturated carbocycles. The molecule has 1 heterocycles. The number of methoxy groups -OCH3 is 1. The minimum atomic E-state index is -0.613. The van der Waals surface area contributed by atoms with Gasteiger partial charge in [0.15, 0.2) is 11.3 Å². The highest BCUT2D eigenvalue weighted by molar-refractivity contribution is 5.37. The van der Waals surface area contributed by atoms with Gasteiger partial charge in [0.25, 0.3) is 5.56 Å². The normalized spacial score (nSPS) is 9.89. The number of aromatic nitrogens is 2. The van der Waals surface area contributed by atoms with Gasteiger partial charge in [-0.2, -0.15) is 10.4 Å². The molecule has 2 aromatic rings. The van der Waals surface area contributed by atoms with E-state index in [4.69, 9.17) is 10.00 Å². The summed E-state index contributed by atoms with van der Waals surface area (Å²) in [5, 5.41) is 21.9. The third kappa shape index (κ3) is 2.55. The minimum absolute atomic E-state index is 0.220. The Morgan fingerprint density at radius 3 is 2.68 bits per heavy atom. The molecule has 0 saturated heterocycles. The highest BCUT2D eigenvalue weighted by atomic mass is 16.5. The van der Waals surface area contributed by atoms with Gasteiger partial charge in [0.05, 0.1) is 19.9 Å². The van der Waals surface area contributed by atoms with Crippen LogP contribution < -0.4 is 10.3 Å². The van der Waals surface area contributed by atoms with Crippen molar-refractivity contribution >= 4 is 0 Å². The second-order valence-corrected chi connectivity index (χ2v) is 3.83. The van der Waals surface area contributed by atoms with Crippen molar-refractivity contribution in [2.75, 3.05) is 7.11 Å². The van der Waals surface area contributed by atoms with Crippen molar-refractivity contribution in [2.45, 2.75) is 6.54 Å². The zero-order valence-electron chi connectivity index (χ0n) is 10.2. The number of benzene rings is 1. The largest absolute Gasteiger partial charge is 0.505 e. The molecule has 1 aromatic heterocycles. The van der Waals surface area contributed by atoms with Gasteiger partial charge < -0.3 is 9.84 Å². The van der Waals surface area contributed by atoms with Crippen LogP contribution in [0, 0.1) is 11.3 Å². The molecule has 0 radical (unpaired) electrons. The third-order valence-corrected chi connectivity index (χ3v) is 2.63. The summed E-state index contributed by atoms with van der Waals surface area (Å²) in [7, 11) is 1.57. The first kappa shape index (κ1) is 12.6. The Morgan fingerprint density at radius 1 is 1.42 bits per heavy atom. The Morgan fingerprint density at radius 2 is 2.11 bits per heavy atom. The predicted molar refractivity (Wildman–Crippen MR) is 67.0 cm³/mol. The molecular weight excluding hydrogens is 246 g/mol. The Hall–Kier alpha value is -2.81. The van der Waals surface area contributed by atoms with Gasteiger partial charge in [0.2, 0.25) is 0 Å². The zero-order valence-corrected chi connectivity index (χ0v) is 10.2. The maximum Gasteiger partial charge on any atom is 0.288 e. The molecule has 0 aliphatic carbocycles. The third-order valence-electron chi connectivity index (χ3n) is 2.63. The van der Waals surface area contributed by atoms with Gasteiger partial charge in [0, 0.05) is 0 Å². The Balaban J connectivity index is 2.34. The van der Waals surface area contributed by atoms with Crippen LogP contribution in [-0.2, 0) is 6.54 Å². The van der Waals surface area contributed by atoms with E-state index in [1.54, 1.807) is 37.4 Å². The fraction of sp³-hybridized carbons (Fsp3) is 0.154. The molecule has 0 fully saturated rings. The van der Waals surface area contributed by atoms with E-state index in [2.05, 4.69) is 5.10 Å². The molecule has 0 atom stereocenters. The van der Waals surface area contributed by atoms with Crippen molar-refractivity contribution < 1.29 is 9.84 Å². The molecule has 0 aliphatic heterocycles. The summed E-state index contributed by atoms with van der Waals surface area (Å²) in [5.41, 5.74) is -0.0770. The molecule has 96 valence electrons. The topological polar surface area (TPSA) is 88.1 Å². The van der Waals surface area contributed by atoms with Crippen molar-refractivity contribution in [3.8, 4) is 17.6 Å². The van der Waals surface area contributed by atoms with Crippen LogP contribution in [0.1, 0.15) is 11.1 Å². The molecule has 6 nitrogen and oxygen atoms in total. The van der Waals surface area contributed by atoms with Gasteiger partial charge in [-0.25, -0.2) is 4.68 Å². The van der Waals surface area contributed by atoms with Crippen molar-refractivity contribution in [1.82, 2.24) is 9.78 Å². The Bertz CT molecular complexity index is 684. The number of rotatable bonds is 3. The van der Waals surface area contributed by atoms with Crippen molar-refractivity contribution in [3.05, 3.63) is 51.9 Å². The first-order valence-electron chi connectivity index (χ1n) is 5.48. The summed E-state index contributed by atoms with van der Waals surface area (Å²) in [6.07, 6.45) is 1.09. The first-order valence-corrected chi connectivity index (χ1v) is 5.48. The van der Waals surface area contributed by atoms with Crippen LogP contribution in [0.3, 0.4) is 0 Å². The second kappa shape index (κ2) is 5.23. The first-order chi connectivity index (χ1) is 9.15. The summed E-state index contributed by atoms with van der Waals surface area (Å²) in [5.74, 6) is 0.311. The maximum atomic E-state index is 11.8. The standard InChI is InChI=1S/C13H11N3O3/c1-19-10-4-2-9(3-5-10)8-16-13(18)11(6-14)12(17)7-15-16/h2-5,7,17H,8H2,1H3. The van der Waals surface area contributed by atoms with E-state index < -0.39 is 11.3 Å². The molecule has 0 unspecified atom stereocenters. The number of hydrogen-bond donors (Lipinski definition) is 1. The second-order valence-electron chi connectivity index (χ2n) is 3.83. The van der Waals surface area contributed by atoms with E-state index in [1.165, 1.54) is 0 Å². The fourth-order valence-corrected chi connectivity index (χ4v) is 1.60. The summed E-state index contributed by atoms with van der Waals surface area (Å²) >= 11 is 0. The van der Waals surface area contributed by atoms with Crippen LogP contribution >= 0.6 is 0 Å². The highest BCUT2D eigenvalue weighted by Crippen LogP contribution is 2.12. The molecule has 1 aromatic carbocycles. The molecule has 19 heavy (non-hydrogen) atoms. The van der Waals surface area contributed by atoms with Gasteiger partial charge >= 0.3 is 0 Å². The van der Waals surface area contributed by atoms with E-state index in [0.717, 1.165) is 16.4 Å². The van der Waals surface area contributed by atoms with Gasteiger partial charge in [-0.1, -0.05) is 12.1 Å². The number of aromatic hydroxyl groups is 1. The molecule has 0 amide bonds. The number of nitrogens with zero attached hydrogens (tertiary/aromatic N) is 3. The molecule has 2 rings (SSSR count). The number of nitriles is 1. The molecule has 1 N–H and O–H groups in total. The van der Waals surface area contributed by atoms with E-state index in [9.17, 15) is 9.90 Å². The Kier molecular flexibility index (Phi) is 3.48. The quantitative estimate of drug-likeness (QED) is 0.881. The summed E-state index contributed by atoms with van der Waals surface area (Å²) in [6, 6.07) is 8.80. The van der Waals surface area contributed by atoms with Crippen molar-refractivity contribution in [3.63, 3.8) is 0 Å². The van der Waals surface area contributed by atoms with Crippen LogP contribution in [-0.4, -0.2) is 22.0 Å². The lowest BCUT2D eigenvalue weighted by atomic mass is 10.2. The smallest absolute Gasteiger partial charge is 0.288 e. The highest BCUT2D eigenvalue weighted by Gasteiger charge is 2.10. The van der Waals surface area contributed by atoms with E-state index in [-0.39, 0.29) is 12.1 Å². The van der Waals surface area contributed by atoms with Gasteiger partial charge in [-0.05, 0) is 17.7 Å². The minimum Gasteiger partial charge on any atom is -0.505 e. The van der Waals surface area contributed by atoms with Gasteiger partial charge in [-0.3, -0.25) is 4.79 Å². The molecule has 0 bridgehead atoms. The van der Waals surface area contributed by atoms with Crippen molar-refractivity contribution in [1.29, 1.82) is 5.26 Å². The van der Waals surface area contributed by atoms with Crippen LogP contribution in [0.2, 0.25) is 0 Å². The molecule has 6 heteroatoms. The maximum absolute atomic E-state index is 11.8. The van der Waals surface area contributed by atoms with Crippen LogP contribution in [0.25, 0.3) is 0 Å². The summed E-state index contributed by atoms with van der Waals surface area (Å²) < 4.78 is 6.16. The van der Waals surface area contributed by atoms with Crippen LogP contribution in [0.15, 0.2) is 35.3 Å². The van der Waals surface area contributed by atoms with E-state index >= 15 is 0 Å². The predicted octanol–water partition coefficient (Wildman–Crippen LogP) is 0.877. The van der Waals surface area contributed by atoms with Crippen LogP contribution in [0.4, 0.5) is 0 Å². The average Bonchev–Trinajstić information content (AvgIpc) is 2.43. The average molecular weight is 257 g/mol. The summed E-state index contributed by atoms with van der Waals surface area (Å²) in [4.78, 5) is 11.8. The fourth-order valence-electron chi connectivity index (χ4n) is 1.60. The van der Waals surface area contributed by atoms with Crippen LogP contribution in [0.5, 0.6) is 11.5 Å². The van der Waals surface area contributed by atoms with E-state index in [0.29, 0.717) is 5.75 Å². The number of ether oxygens (including phenoxy) is 1. The van der Waals surface area contributed by atoms with Crippen molar-refractivity contribution in [2.24, 2.45) is 0 Å². The van der Waals surface area contributed by atoms with Gasteiger partial charge in [0.1, 0.15) is 11.8 Å². The molecule has 0 aliphatic rings. The lowest BCUT2D eigenvalue weighted by Gasteiger charge is -2.06. The lowest BCUT2D eigenvalue weighted by Crippen LogP contribution is -2.25. The van der Waals surface area contributed by atoms with Gasteiger partial charge in [-0.15, -0.1) is 0 Å².